The molecule has 0 spiro atoms. The van der Waals surface area contributed by atoms with Crippen molar-refractivity contribution in [2.75, 3.05) is 25.0 Å². The Balaban J connectivity index is 1.92. The molecular formula is C17H24N2O4. The van der Waals surface area contributed by atoms with Gasteiger partial charge in [-0.3, -0.25) is 0 Å². The van der Waals surface area contributed by atoms with Crippen LogP contribution in [0.1, 0.15) is 37.6 Å². The summed E-state index contributed by atoms with van der Waals surface area (Å²) < 4.78 is 10.7. The Morgan fingerprint density at radius 2 is 1.83 bits per heavy atom. The van der Waals surface area contributed by atoms with Crippen molar-refractivity contribution in [3.8, 4) is 0 Å². The summed E-state index contributed by atoms with van der Waals surface area (Å²) in [6.07, 6.45) is 0.844. The monoisotopic (exact) mass is 320 g/mol. The van der Waals surface area contributed by atoms with Crippen molar-refractivity contribution >= 4 is 17.7 Å². The van der Waals surface area contributed by atoms with E-state index in [2.05, 4.69) is 5.32 Å². The Morgan fingerprint density at radius 1 is 1.22 bits per heavy atom. The number of benzene rings is 1. The molecule has 23 heavy (non-hydrogen) atoms. The maximum atomic E-state index is 12.3. The van der Waals surface area contributed by atoms with Crippen molar-refractivity contribution in [2.24, 2.45) is 0 Å². The lowest BCUT2D eigenvalue weighted by Crippen LogP contribution is -2.49. The zero-order valence-electron chi connectivity index (χ0n) is 13.9. The summed E-state index contributed by atoms with van der Waals surface area (Å²) in [6.45, 7) is 7.39. The minimum absolute atomic E-state index is 0.0280. The van der Waals surface area contributed by atoms with E-state index in [1.165, 1.54) is 0 Å². The summed E-state index contributed by atoms with van der Waals surface area (Å²) in [7, 11) is 0. The van der Waals surface area contributed by atoms with Crippen LogP contribution in [0, 0.1) is 0 Å². The Morgan fingerprint density at radius 3 is 2.39 bits per heavy atom. The zero-order chi connectivity index (χ0) is 16.8. The number of esters is 1. The molecule has 0 aliphatic carbocycles. The molecule has 0 bridgehead atoms. The van der Waals surface area contributed by atoms with Gasteiger partial charge < -0.3 is 19.7 Å². The van der Waals surface area contributed by atoms with Gasteiger partial charge in [0.2, 0.25) is 0 Å². The molecule has 0 radical (unpaired) electrons. The van der Waals surface area contributed by atoms with E-state index >= 15 is 0 Å². The molecular weight excluding hydrogens is 296 g/mol. The quantitative estimate of drug-likeness (QED) is 0.866. The fourth-order valence-corrected chi connectivity index (χ4v) is 2.51. The second-order valence-electron chi connectivity index (χ2n) is 5.81. The number of carbonyl (C=O) groups excluding carboxylic acids is 2. The minimum Gasteiger partial charge on any atom is -0.462 e. The molecule has 1 heterocycles. The number of nitrogens with zero attached hydrogens (tertiary/aromatic N) is 1. The summed E-state index contributed by atoms with van der Waals surface area (Å²) >= 11 is 0. The van der Waals surface area contributed by atoms with Crippen LogP contribution in [0.15, 0.2) is 24.3 Å². The lowest BCUT2D eigenvalue weighted by molar-refractivity contribution is -0.0530. The van der Waals surface area contributed by atoms with Crippen molar-refractivity contribution < 1.29 is 19.1 Å². The van der Waals surface area contributed by atoms with E-state index in [0.29, 0.717) is 30.9 Å². The van der Waals surface area contributed by atoms with Gasteiger partial charge in [0.05, 0.1) is 24.4 Å². The van der Waals surface area contributed by atoms with E-state index in [-0.39, 0.29) is 24.2 Å². The maximum absolute atomic E-state index is 12.3. The van der Waals surface area contributed by atoms with Gasteiger partial charge in [0.25, 0.3) is 0 Å². The maximum Gasteiger partial charge on any atom is 0.338 e. The fourth-order valence-electron chi connectivity index (χ4n) is 2.51. The number of morpholine rings is 1. The van der Waals surface area contributed by atoms with Gasteiger partial charge in [-0.15, -0.1) is 0 Å². The molecule has 1 aromatic carbocycles. The molecule has 126 valence electrons. The summed E-state index contributed by atoms with van der Waals surface area (Å²) in [5.74, 6) is -0.347. The summed E-state index contributed by atoms with van der Waals surface area (Å²) in [4.78, 5) is 25.7. The van der Waals surface area contributed by atoms with E-state index < -0.39 is 0 Å². The van der Waals surface area contributed by atoms with Crippen molar-refractivity contribution in [2.45, 2.75) is 39.4 Å². The molecule has 0 aromatic heterocycles. The van der Waals surface area contributed by atoms with E-state index in [0.717, 1.165) is 6.42 Å². The van der Waals surface area contributed by atoms with Crippen LogP contribution in [0.25, 0.3) is 0 Å². The van der Waals surface area contributed by atoms with Gasteiger partial charge in [0.1, 0.15) is 0 Å². The topological polar surface area (TPSA) is 67.9 Å². The van der Waals surface area contributed by atoms with Crippen LogP contribution in [0.3, 0.4) is 0 Å². The standard InChI is InChI=1S/C17H24N2O4/c1-4-9-22-16(20)14-5-7-15(8-6-14)18-17(21)19-10-12(2)23-13(3)11-19/h5-8,12-13H,4,9-11H2,1-3H3,(H,18,21)/t12-,13-/m1/s1. The number of hydrogen-bond donors (Lipinski definition) is 1. The molecule has 1 aromatic rings. The SMILES string of the molecule is CCCOC(=O)c1ccc(NC(=O)N2C[C@@H](C)O[C@H](C)C2)cc1. The first kappa shape index (κ1) is 17.3. The van der Waals surface area contributed by atoms with Crippen LogP contribution in [0.2, 0.25) is 0 Å². The second-order valence-corrected chi connectivity index (χ2v) is 5.81. The lowest BCUT2D eigenvalue weighted by Gasteiger charge is -2.35. The molecule has 6 nitrogen and oxygen atoms in total. The molecule has 0 unspecified atom stereocenters. The van der Waals surface area contributed by atoms with Crippen molar-refractivity contribution in [3.05, 3.63) is 29.8 Å². The van der Waals surface area contributed by atoms with Crippen molar-refractivity contribution in [3.63, 3.8) is 0 Å². The van der Waals surface area contributed by atoms with Crippen LogP contribution in [0.5, 0.6) is 0 Å². The van der Waals surface area contributed by atoms with Crippen LogP contribution < -0.4 is 5.32 Å². The van der Waals surface area contributed by atoms with Crippen molar-refractivity contribution in [1.82, 2.24) is 4.90 Å². The molecule has 1 aliphatic rings. The molecule has 2 amide bonds. The van der Waals surface area contributed by atoms with E-state index in [9.17, 15) is 9.59 Å². The largest absolute Gasteiger partial charge is 0.462 e. The number of rotatable bonds is 4. The van der Waals surface area contributed by atoms with Gasteiger partial charge in [-0.2, -0.15) is 0 Å². The Bertz CT molecular complexity index is 534. The number of anilines is 1. The molecule has 1 aliphatic heterocycles. The highest BCUT2D eigenvalue weighted by atomic mass is 16.5. The minimum atomic E-state index is -0.347. The van der Waals surface area contributed by atoms with Gasteiger partial charge in [-0.05, 0) is 44.5 Å². The Labute approximate surface area is 136 Å². The highest BCUT2D eigenvalue weighted by molar-refractivity contribution is 5.92. The van der Waals surface area contributed by atoms with Crippen LogP contribution in [-0.4, -0.2) is 48.8 Å². The van der Waals surface area contributed by atoms with Gasteiger partial charge in [0.15, 0.2) is 0 Å². The van der Waals surface area contributed by atoms with Crippen LogP contribution in [0.4, 0.5) is 10.5 Å². The zero-order valence-corrected chi connectivity index (χ0v) is 13.9. The highest BCUT2D eigenvalue weighted by Gasteiger charge is 2.25. The number of hydrogen-bond acceptors (Lipinski definition) is 4. The number of carbonyl (C=O) groups is 2. The third-order valence-electron chi connectivity index (χ3n) is 3.52. The van der Waals surface area contributed by atoms with Gasteiger partial charge >= 0.3 is 12.0 Å². The van der Waals surface area contributed by atoms with E-state index in [1.54, 1.807) is 29.2 Å². The average Bonchev–Trinajstić information content (AvgIpc) is 2.52. The Kier molecular flexibility index (Phi) is 5.98. The predicted octanol–water partition coefficient (Wildman–Crippen LogP) is 2.89. The van der Waals surface area contributed by atoms with Gasteiger partial charge in [-0.25, -0.2) is 9.59 Å². The number of nitrogens with one attached hydrogen (secondary N) is 1. The summed E-state index contributed by atoms with van der Waals surface area (Å²) in [5.41, 5.74) is 1.12. The number of ether oxygens (including phenoxy) is 2. The smallest absolute Gasteiger partial charge is 0.338 e. The highest BCUT2D eigenvalue weighted by Crippen LogP contribution is 2.15. The molecule has 1 N–H and O–H groups in total. The first-order valence-corrected chi connectivity index (χ1v) is 7.98. The van der Waals surface area contributed by atoms with E-state index in [1.807, 2.05) is 20.8 Å². The summed E-state index contributed by atoms with van der Waals surface area (Å²) in [5, 5.41) is 2.84. The lowest BCUT2D eigenvalue weighted by atomic mass is 10.2. The van der Waals surface area contributed by atoms with Crippen molar-refractivity contribution in [1.29, 1.82) is 0 Å². The number of amides is 2. The first-order chi connectivity index (χ1) is 11.0. The third kappa shape index (κ3) is 4.96. The van der Waals surface area contributed by atoms with Crippen LogP contribution >= 0.6 is 0 Å². The van der Waals surface area contributed by atoms with Gasteiger partial charge in [0, 0.05) is 18.8 Å². The molecule has 2 rings (SSSR count). The van der Waals surface area contributed by atoms with Crippen LogP contribution in [-0.2, 0) is 9.47 Å². The first-order valence-electron chi connectivity index (χ1n) is 7.98. The molecule has 6 heteroatoms. The molecule has 2 atom stereocenters. The predicted molar refractivity (Wildman–Crippen MR) is 87.6 cm³/mol. The molecule has 1 saturated heterocycles. The second kappa shape index (κ2) is 7.97. The average molecular weight is 320 g/mol. The molecule has 1 fully saturated rings. The Hall–Kier alpha value is -2.08. The third-order valence-corrected chi connectivity index (χ3v) is 3.52. The van der Waals surface area contributed by atoms with Gasteiger partial charge in [-0.1, -0.05) is 6.92 Å². The fraction of sp³-hybridized carbons (Fsp3) is 0.529. The summed E-state index contributed by atoms with van der Waals surface area (Å²) in [6, 6.07) is 6.55. The molecule has 0 saturated carbocycles. The normalized spacial score (nSPS) is 20.9. The number of urea groups is 1. The van der Waals surface area contributed by atoms with E-state index in [4.69, 9.17) is 9.47 Å².